The van der Waals surface area contributed by atoms with Crippen molar-refractivity contribution < 1.29 is 27.9 Å². The van der Waals surface area contributed by atoms with E-state index in [2.05, 4.69) is 0 Å². The van der Waals surface area contributed by atoms with Gasteiger partial charge in [0.05, 0.1) is 0 Å². The summed E-state index contributed by atoms with van der Waals surface area (Å²) in [5, 5.41) is 9.41. The summed E-state index contributed by atoms with van der Waals surface area (Å²) in [6.45, 7) is 0. The largest absolute Gasteiger partial charge is 0.480 e. The molecule has 0 saturated carbocycles. The van der Waals surface area contributed by atoms with E-state index in [0.29, 0.717) is 16.9 Å². The van der Waals surface area contributed by atoms with Crippen molar-refractivity contribution in [2.45, 2.75) is 24.6 Å². The van der Waals surface area contributed by atoms with Gasteiger partial charge in [0.2, 0.25) is 0 Å². The molecule has 4 nitrogen and oxygen atoms in total. The smallest absolute Gasteiger partial charge is 0.471 e. The van der Waals surface area contributed by atoms with Crippen molar-refractivity contribution in [3.8, 4) is 0 Å². The highest BCUT2D eigenvalue weighted by Crippen LogP contribution is 2.48. The third kappa shape index (κ3) is 2.08. The minimum Gasteiger partial charge on any atom is -0.480 e. The van der Waals surface area contributed by atoms with E-state index < -0.39 is 30.0 Å². The monoisotopic (exact) mass is 311 g/mol. The molecule has 0 aromatic heterocycles. The molecule has 0 unspecified atom stereocenters. The fraction of sp³-hybridized carbons (Fsp3) is 0.333. The number of benzene rings is 1. The lowest BCUT2D eigenvalue weighted by atomic mass is 9.78. The first-order valence-electron chi connectivity index (χ1n) is 6.71. The lowest BCUT2D eigenvalue weighted by Crippen LogP contribution is -2.56. The van der Waals surface area contributed by atoms with Crippen LogP contribution in [0.15, 0.2) is 36.4 Å². The molecule has 3 rings (SSSR count). The fourth-order valence-corrected chi connectivity index (χ4v) is 3.33. The molecular weight excluding hydrogens is 299 g/mol. The Hall–Kier alpha value is -2.31. The molecule has 0 saturated heterocycles. The molecule has 1 amide bonds. The summed E-state index contributed by atoms with van der Waals surface area (Å²) >= 11 is 0. The normalized spacial score (nSPS) is 26.5. The number of fused-ring (bicyclic) bond motifs is 3. The molecule has 1 aliphatic heterocycles. The Balaban J connectivity index is 2.19. The average Bonchev–Trinajstić information content (AvgIpc) is 2.92. The van der Waals surface area contributed by atoms with Crippen LogP contribution in [0.3, 0.4) is 0 Å². The van der Waals surface area contributed by atoms with Crippen LogP contribution in [0.4, 0.5) is 18.9 Å². The highest BCUT2D eigenvalue weighted by atomic mass is 19.4. The zero-order valence-electron chi connectivity index (χ0n) is 11.2. The maximum atomic E-state index is 12.9. The van der Waals surface area contributed by atoms with Crippen LogP contribution in [-0.4, -0.2) is 29.2 Å². The molecule has 116 valence electrons. The zero-order chi connectivity index (χ0) is 16.1. The van der Waals surface area contributed by atoms with Gasteiger partial charge >= 0.3 is 18.1 Å². The molecule has 0 bridgehead atoms. The Labute approximate surface area is 123 Å². The Kier molecular flexibility index (Phi) is 3.23. The lowest BCUT2D eigenvalue weighted by Gasteiger charge is -2.42. The molecule has 1 aromatic rings. The number of alkyl halides is 3. The Bertz CT molecular complexity index is 668. The second kappa shape index (κ2) is 4.86. The Morgan fingerprint density at radius 3 is 2.55 bits per heavy atom. The van der Waals surface area contributed by atoms with Crippen LogP contribution in [0.25, 0.3) is 0 Å². The van der Waals surface area contributed by atoms with E-state index in [4.69, 9.17) is 0 Å². The van der Waals surface area contributed by atoms with E-state index >= 15 is 0 Å². The first kappa shape index (κ1) is 14.6. The van der Waals surface area contributed by atoms with Crippen molar-refractivity contribution in [3.63, 3.8) is 0 Å². The first-order chi connectivity index (χ1) is 10.3. The summed E-state index contributed by atoms with van der Waals surface area (Å²) in [7, 11) is 0. The Morgan fingerprint density at radius 1 is 1.23 bits per heavy atom. The van der Waals surface area contributed by atoms with Crippen molar-refractivity contribution in [2.24, 2.45) is 5.92 Å². The summed E-state index contributed by atoms with van der Waals surface area (Å²) in [6, 6.07) is 4.63. The van der Waals surface area contributed by atoms with Crippen LogP contribution in [0, 0.1) is 5.92 Å². The summed E-state index contributed by atoms with van der Waals surface area (Å²) in [5.41, 5.74) is 0.571. The van der Waals surface area contributed by atoms with Crippen LogP contribution < -0.4 is 4.90 Å². The second-order valence-corrected chi connectivity index (χ2v) is 5.37. The number of anilines is 1. The van der Waals surface area contributed by atoms with Gasteiger partial charge in [0, 0.05) is 17.5 Å². The summed E-state index contributed by atoms with van der Waals surface area (Å²) in [6.07, 6.45) is -1.24. The zero-order valence-corrected chi connectivity index (χ0v) is 11.2. The number of carbonyl (C=O) groups excluding carboxylic acids is 1. The van der Waals surface area contributed by atoms with Gasteiger partial charge in [-0.05, 0) is 18.1 Å². The van der Waals surface area contributed by atoms with E-state index in [1.807, 2.05) is 0 Å². The maximum absolute atomic E-state index is 12.9. The van der Waals surface area contributed by atoms with E-state index in [-0.39, 0.29) is 11.6 Å². The van der Waals surface area contributed by atoms with Crippen molar-refractivity contribution >= 4 is 17.6 Å². The SMILES string of the molecule is O=C(O)[C@@H]1[C@@H]2CC=C[C@@H]2c2ccccc2N1C(=O)C(F)(F)F. The van der Waals surface area contributed by atoms with Gasteiger partial charge < -0.3 is 5.11 Å². The van der Waals surface area contributed by atoms with Crippen LogP contribution in [0.2, 0.25) is 0 Å². The van der Waals surface area contributed by atoms with Crippen molar-refractivity contribution in [1.82, 2.24) is 0 Å². The molecule has 3 atom stereocenters. The van der Waals surface area contributed by atoms with Crippen molar-refractivity contribution in [1.29, 1.82) is 0 Å². The van der Waals surface area contributed by atoms with E-state index in [1.54, 1.807) is 24.3 Å². The number of para-hydroxylation sites is 1. The van der Waals surface area contributed by atoms with Crippen LogP contribution >= 0.6 is 0 Å². The molecule has 0 spiro atoms. The number of halogens is 3. The summed E-state index contributed by atoms with van der Waals surface area (Å²) < 4.78 is 38.7. The number of allylic oxidation sites excluding steroid dienone is 2. The average molecular weight is 311 g/mol. The number of hydrogen-bond acceptors (Lipinski definition) is 2. The lowest BCUT2D eigenvalue weighted by molar-refractivity contribution is -0.172. The van der Waals surface area contributed by atoms with Gasteiger partial charge in [-0.2, -0.15) is 13.2 Å². The highest BCUT2D eigenvalue weighted by Gasteiger charge is 2.53. The maximum Gasteiger partial charge on any atom is 0.471 e. The van der Waals surface area contributed by atoms with Crippen LogP contribution in [0.1, 0.15) is 17.9 Å². The van der Waals surface area contributed by atoms with Gasteiger partial charge in [-0.1, -0.05) is 30.4 Å². The number of carboxylic acids is 1. The number of carbonyl (C=O) groups is 2. The summed E-state index contributed by atoms with van der Waals surface area (Å²) in [4.78, 5) is 23.8. The van der Waals surface area contributed by atoms with Crippen molar-refractivity contribution in [3.05, 3.63) is 42.0 Å². The standard InChI is InChI=1S/C15H12F3NO3/c16-15(17,18)14(22)19-11-7-2-1-4-9(11)8-5-3-6-10(8)12(19)13(20)21/h1-5,7-8,10,12H,6H2,(H,20,21)/t8-,10-,12+/m1/s1. The number of carboxylic acid groups (broad SMARTS) is 1. The fourth-order valence-electron chi connectivity index (χ4n) is 3.33. The van der Waals surface area contributed by atoms with Crippen LogP contribution in [-0.2, 0) is 9.59 Å². The molecule has 1 heterocycles. The predicted molar refractivity (Wildman–Crippen MR) is 71.4 cm³/mol. The molecule has 22 heavy (non-hydrogen) atoms. The molecule has 2 aliphatic rings. The highest BCUT2D eigenvalue weighted by molar-refractivity contribution is 6.03. The van der Waals surface area contributed by atoms with Gasteiger partial charge in [-0.15, -0.1) is 0 Å². The Morgan fingerprint density at radius 2 is 1.91 bits per heavy atom. The number of nitrogens with zero attached hydrogens (tertiary/aromatic N) is 1. The molecule has 7 heteroatoms. The number of hydrogen-bond donors (Lipinski definition) is 1. The number of amides is 1. The first-order valence-corrected chi connectivity index (χ1v) is 6.71. The van der Waals surface area contributed by atoms with Gasteiger partial charge in [-0.3, -0.25) is 9.69 Å². The summed E-state index contributed by atoms with van der Waals surface area (Å²) in [5.74, 6) is -4.43. The molecule has 1 aromatic carbocycles. The van der Waals surface area contributed by atoms with E-state index in [1.165, 1.54) is 12.1 Å². The third-order valence-electron chi connectivity index (χ3n) is 4.17. The quantitative estimate of drug-likeness (QED) is 0.811. The molecule has 0 radical (unpaired) electrons. The second-order valence-electron chi connectivity index (χ2n) is 5.37. The third-order valence-corrected chi connectivity index (χ3v) is 4.17. The minimum atomic E-state index is -5.13. The molecule has 1 N–H and O–H groups in total. The topological polar surface area (TPSA) is 57.6 Å². The molecule has 1 aliphatic carbocycles. The van der Waals surface area contributed by atoms with Gasteiger partial charge in [0.25, 0.3) is 0 Å². The van der Waals surface area contributed by atoms with Gasteiger partial charge in [0.15, 0.2) is 0 Å². The number of aliphatic carboxylic acids is 1. The van der Waals surface area contributed by atoms with Gasteiger partial charge in [-0.25, -0.2) is 4.79 Å². The van der Waals surface area contributed by atoms with E-state index in [9.17, 15) is 27.9 Å². The van der Waals surface area contributed by atoms with Crippen LogP contribution in [0.5, 0.6) is 0 Å². The molecule has 0 fully saturated rings. The van der Waals surface area contributed by atoms with Gasteiger partial charge in [0.1, 0.15) is 6.04 Å². The van der Waals surface area contributed by atoms with Crippen molar-refractivity contribution in [2.75, 3.05) is 4.90 Å². The molecular formula is C15H12F3NO3. The van der Waals surface area contributed by atoms with E-state index in [0.717, 1.165) is 0 Å². The number of rotatable bonds is 1. The predicted octanol–water partition coefficient (Wildman–Crippen LogP) is 2.71. The minimum absolute atomic E-state index is 0.0185.